The van der Waals surface area contributed by atoms with Crippen molar-refractivity contribution in [2.75, 3.05) is 5.32 Å². The summed E-state index contributed by atoms with van der Waals surface area (Å²) < 4.78 is 16.1. The number of nitrogens with one attached hydrogen (secondary N) is 2. The number of benzene rings is 2. The number of hydrogen-bond acceptors (Lipinski definition) is 5. The van der Waals surface area contributed by atoms with Crippen LogP contribution in [0, 0.1) is 11.7 Å². The lowest BCUT2D eigenvalue weighted by Crippen LogP contribution is -2.30. The molecule has 0 amide bonds. The number of halogens is 1. The van der Waals surface area contributed by atoms with Gasteiger partial charge in [0, 0.05) is 18.1 Å². The van der Waals surface area contributed by atoms with Gasteiger partial charge in [0.2, 0.25) is 0 Å². The Kier molecular flexibility index (Phi) is 4.57. The molecule has 3 heterocycles. The van der Waals surface area contributed by atoms with Crippen LogP contribution in [0.3, 0.4) is 0 Å². The zero-order valence-electron chi connectivity index (χ0n) is 17.6. The summed E-state index contributed by atoms with van der Waals surface area (Å²) in [6, 6.07) is 10.8. The van der Waals surface area contributed by atoms with Crippen molar-refractivity contribution in [2.24, 2.45) is 13.0 Å². The van der Waals surface area contributed by atoms with Crippen LogP contribution in [0.15, 0.2) is 47.5 Å². The zero-order chi connectivity index (χ0) is 21.7. The van der Waals surface area contributed by atoms with Crippen molar-refractivity contribution in [3.8, 4) is 0 Å². The predicted octanol–water partition coefficient (Wildman–Crippen LogP) is 3.69. The molecule has 4 aromatic rings. The van der Waals surface area contributed by atoms with Crippen molar-refractivity contribution in [2.45, 2.75) is 32.2 Å². The molecule has 2 unspecified atom stereocenters. The minimum absolute atomic E-state index is 0.258. The highest BCUT2D eigenvalue weighted by Crippen LogP contribution is 2.45. The average molecular weight is 418 g/mol. The van der Waals surface area contributed by atoms with Gasteiger partial charge in [-0.25, -0.2) is 14.5 Å². The van der Waals surface area contributed by atoms with Crippen LogP contribution < -0.4 is 10.9 Å². The smallest absolute Gasteiger partial charge is 0.272 e. The van der Waals surface area contributed by atoms with Gasteiger partial charge in [-0.1, -0.05) is 38.1 Å². The van der Waals surface area contributed by atoms with Gasteiger partial charge < -0.3 is 5.32 Å². The molecule has 0 fully saturated rings. The molecule has 7 nitrogen and oxygen atoms in total. The second-order valence-corrected chi connectivity index (χ2v) is 8.50. The van der Waals surface area contributed by atoms with Crippen LogP contribution in [-0.4, -0.2) is 25.0 Å². The number of nitrogens with zero attached hydrogens (tertiary/aromatic N) is 4. The first-order valence-corrected chi connectivity index (χ1v) is 10.3. The normalized spacial score (nSPS) is 17.8. The molecule has 0 aliphatic carbocycles. The minimum atomic E-state index is -0.470. The van der Waals surface area contributed by atoms with Crippen molar-refractivity contribution >= 4 is 16.5 Å². The molecule has 1 aliphatic rings. The maximum absolute atomic E-state index is 14.4. The summed E-state index contributed by atoms with van der Waals surface area (Å²) in [5.41, 5.74) is 3.06. The Morgan fingerprint density at radius 3 is 2.81 bits per heavy atom. The van der Waals surface area contributed by atoms with E-state index in [-0.39, 0.29) is 17.3 Å². The van der Waals surface area contributed by atoms with Crippen LogP contribution in [0.2, 0.25) is 0 Å². The molecule has 2 atom stereocenters. The molecule has 5 rings (SSSR count). The maximum Gasteiger partial charge on any atom is 0.272 e. The summed E-state index contributed by atoms with van der Waals surface area (Å²) in [7, 11) is 1.83. The van der Waals surface area contributed by atoms with Crippen LogP contribution in [0.4, 0.5) is 10.1 Å². The standard InChI is InChI=1S/C23H23FN6O/c1-12(2)7-13-5-4-6-14(8-13)20-19(22-25-11-26-30(22)3)21-18-16(23(31)29-28-21)9-15(24)10-17(18)27-20/h4-6,8-12,19-20,27H,7H2,1-3H3,(H,29,31). The SMILES string of the molecule is CC(C)Cc1cccc(C2Nc3cc(F)cc4c(=O)[nH]nc(c34)C2c2ncnn2C)c1. The molecule has 31 heavy (non-hydrogen) atoms. The summed E-state index contributed by atoms with van der Waals surface area (Å²) >= 11 is 0. The van der Waals surface area contributed by atoms with Crippen LogP contribution in [-0.2, 0) is 13.5 Å². The molecular weight excluding hydrogens is 395 g/mol. The van der Waals surface area contributed by atoms with Crippen molar-refractivity contribution in [1.82, 2.24) is 25.0 Å². The maximum atomic E-state index is 14.4. The number of aromatic nitrogens is 5. The lowest BCUT2D eigenvalue weighted by Gasteiger charge is -2.34. The van der Waals surface area contributed by atoms with Crippen LogP contribution in [0.25, 0.3) is 10.8 Å². The van der Waals surface area contributed by atoms with E-state index in [1.165, 1.54) is 24.0 Å². The van der Waals surface area contributed by atoms with E-state index >= 15 is 0 Å². The van der Waals surface area contributed by atoms with Gasteiger partial charge in [-0.05, 0) is 35.6 Å². The average Bonchev–Trinajstić information content (AvgIpc) is 3.15. The lowest BCUT2D eigenvalue weighted by molar-refractivity contribution is 0.563. The molecule has 0 bridgehead atoms. The Bertz CT molecular complexity index is 1340. The van der Waals surface area contributed by atoms with E-state index < -0.39 is 11.4 Å². The van der Waals surface area contributed by atoms with Gasteiger partial charge in [0.25, 0.3) is 5.56 Å². The molecule has 8 heteroatoms. The van der Waals surface area contributed by atoms with Crippen molar-refractivity contribution in [3.05, 3.63) is 81.5 Å². The number of aryl methyl sites for hydroxylation is 1. The Hall–Kier alpha value is -3.55. The summed E-state index contributed by atoms with van der Waals surface area (Å²) in [6.07, 6.45) is 2.46. The van der Waals surface area contributed by atoms with Crippen LogP contribution in [0.5, 0.6) is 0 Å². The highest BCUT2D eigenvalue weighted by Gasteiger charge is 2.37. The highest BCUT2D eigenvalue weighted by atomic mass is 19.1. The molecule has 1 aliphatic heterocycles. The van der Waals surface area contributed by atoms with Crippen LogP contribution >= 0.6 is 0 Å². The lowest BCUT2D eigenvalue weighted by atomic mass is 9.83. The van der Waals surface area contributed by atoms with Gasteiger partial charge in [-0.15, -0.1) is 0 Å². The molecule has 0 spiro atoms. The van der Waals surface area contributed by atoms with Crippen molar-refractivity contribution in [3.63, 3.8) is 0 Å². The summed E-state index contributed by atoms with van der Waals surface area (Å²) in [5, 5.41) is 15.6. The first-order valence-electron chi connectivity index (χ1n) is 10.3. The van der Waals surface area contributed by atoms with Crippen molar-refractivity contribution < 1.29 is 4.39 Å². The van der Waals surface area contributed by atoms with E-state index in [9.17, 15) is 9.18 Å². The first-order chi connectivity index (χ1) is 14.9. The number of aromatic amines is 1. The molecule has 0 radical (unpaired) electrons. The fourth-order valence-electron chi connectivity index (χ4n) is 4.56. The second-order valence-electron chi connectivity index (χ2n) is 8.50. The van der Waals surface area contributed by atoms with E-state index in [4.69, 9.17) is 0 Å². The molecule has 0 saturated heterocycles. The van der Waals surface area contributed by atoms with E-state index in [2.05, 4.69) is 57.6 Å². The second kappa shape index (κ2) is 7.30. The van der Waals surface area contributed by atoms with Gasteiger partial charge >= 0.3 is 0 Å². The third kappa shape index (κ3) is 3.28. The molecule has 2 aromatic carbocycles. The molecule has 2 N–H and O–H groups in total. The monoisotopic (exact) mass is 418 g/mol. The minimum Gasteiger partial charge on any atom is -0.376 e. The van der Waals surface area contributed by atoms with Gasteiger partial charge in [0.05, 0.1) is 23.0 Å². The van der Waals surface area contributed by atoms with Gasteiger partial charge in [0.1, 0.15) is 18.0 Å². The van der Waals surface area contributed by atoms with Gasteiger partial charge in [-0.3, -0.25) is 9.48 Å². The van der Waals surface area contributed by atoms with E-state index in [1.54, 1.807) is 4.68 Å². The number of anilines is 1. The third-order valence-electron chi connectivity index (χ3n) is 5.80. The molecule has 0 saturated carbocycles. The Balaban J connectivity index is 1.75. The fraction of sp³-hybridized carbons (Fsp3) is 0.304. The largest absolute Gasteiger partial charge is 0.376 e. The first kappa shape index (κ1) is 19.4. The summed E-state index contributed by atoms with van der Waals surface area (Å²) in [5.74, 6) is 0.447. The third-order valence-corrected chi connectivity index (χ3v) is 5.80. The Labute approximate surface area is 178 Å². The topological polar surface area (TPSA) is 88.5 Å². The van der Waals surface area contributed by atoms with Gasteiger partial charge in [-0.2, -0.15) is 10.2 Å². The summed E-state index contributed by atoms with van der Waals surface area (Å²) in [4.78, 5) is 16.9. The number of rotatable bonds is 4. The highest BCUT2D eigenvalue weighted by molar-refractivity contribution is 5.97. The van der Waals surface area contributed by atoms with Gasteiger partial charge in [0.15, 0.2) is 0 Å². The molecule has 158 valence electrons. The molecular formula is C23H23FN6O. The van der Waals surface area contributed by atoms with E-state index in [1.807, 2.05) is 13.1 Å². The number of H-pyrrole nitrogens is 1. The predicted molar refractivity (Wildman–Crippen MR) is 117 cm³/mol. The van der Waals surface area contributed by atoms with Crippen LogP contribution in [0.1, 0.15) is 48.5 Å². The quantitative estimate of drug-likeness (QED) is 0.528. The molecule has 2 aromatic heterocycles. The number of hydrogen-bond donors (Lipinski definition) is 2. The summed E-state index contributed by atoms with van der Waals surface area (Å²) in [6.45, 7) is 4.38. The Morgan fingerprint density at radius 1 is 1.23 bits per heavy atom. The fourth-order valence-corrected chi connectivity index (χ4v) is 4.56. The Morgan fingerprint density at radius 2 is 2.06 bits per heavy atom. The van der Waals surface area contributed by atoms with E-state index in [0.29, 0.717) is 28.5 Å². The van der Waals surface area contributed by atoms with Crippen molar-refractivity contribution in [1.29, 1.82) is 0 Å². The zero-order valence-corrected chi connectivity index (χ0v) is 17.6. The van der Waals surface area contributed by atoms with E-state index in [0.717, 1.165) is 12.0 Å².